The first-order valence-electron chi connectivity index (χ1n) is 7.28. The predicted octanol–water partition coefficient (Wildman–Crippen LogP) is 3.98. The molecule has 0 spiro atoms. The Labute approximate surface area is 152 Å². The van der Waals surface area contributed by atoms with E-state index in [4.69, 9.17) is 21.1 Å². The lowest BCUT2D eigenvalue weighted by molar-refractivity contribution is -0.385. The molecule has 0 radical (unpaired) electrons. The number of anilines is 2. The van der Waals surface area contributed by atoms with E-state index < -0.39 is 10.6 Å². The standard InChI is InChI=1S/C16H12ClN5O4/c1-25-11-6-2-3-7-12(11)26-16-13(22(23)24)15(19-9-20-16)21-10-5-4-8-18-14(10)17/h2-9H,1H3,(H,19,20,21). The molecule has 3 rings (SSSR count). The lowest BCUT2D eigenvalue weighted by atomic mass is 10.3. The van der Waals surface area contributed by atoms with Gasteiger partial charge in [0.2, 0.25) is 5.82 Å². The zero-order valence-electron chi connectivity index (χ0n) is 13.4. The van der Waals surface area contributed by atoms with E-state index in [1.54, 1.807) is 36.4 Å². The van der Waals surface area contributed by atoms with Gasteiger partial charge in [-0.3, -0.25) is 10.1 Å². The van der Waals surface area contributed by atoms with Gasteiger partial charge in [0.05, 0.1) is 17.7 Å². The van der Waals surface area contributed by atoms with Crippen LogP contribution in [0.2, 0.25) is 5.15 Å². The molecule has 132 valence electrons. The third kappa shape index (κ3) is 3.62. The number of hydrogen-bond donors (Lipinski definition) is 1. The smallest absolute Gasteiger partial charge is 0.373 e. The van der Waals surface area contributed by atoms with Crippen LogP contribution < -0.4 is 14.8 Å². The Kier molecular flexibility index (Phi) is 5.09. The van der Waals surface area contributed by atoms with Crippen molar-refractivity contribution in [3.05, 3.63) is 64.2 Å². The molecular formula is C16H12ClN5O4. The van der Waals surface area contributed by atoms with Crippen LogP contribution >= 0.6 is 11.6 Å². The summed E-state index contributed by atoms with van der Waals surface area (Å²) in [5.74, 6) is 0.370. The molecule has 1 aromatic carbocycles. The highest BCUT2D eigenvalue weighted by atomic mass is 35.5. The van der Waals surface area contributed by atoms with Crippen LogP contribution in [0.15, 0.2) is 48.9 Å². The van der Waals surface area contributed by atoms with Crippen LogP contribution in [0.5, 0.6) is 17.4 Å². The van der Waals surface area contributed by atoms with Gasteiger partial charge in [-0.2, -0.15) is 4.98 Å². The van der Waals surface area contributed by atoms with E-state index in [0.717, 1.165) is 6.33 Å². The number of pyridine rings is 1. The first-order chi connectivity index (χ1) is 12.6. The summed E-state index contributed by atoms with van der Waals surface area (Å²) in [6.45, 7) is 0. The Balaban J connectivity index is 2.01. The highest BCUT2D eigenvalue weighted by molar-refractivity contribution is 6.32. The van der Waals surface area contributed by atoms with Crippen LogP contribution in [0.25, 0.3) is 0 Å². The summed E-state index contributed by atoms with van der Waals surface area (Å²) >= 11 is 5.98. The highest BCUT2D eigenvalue weighted by Crippen LogP contribution is 2.38. The minimum absolute atomic E-state index is 0.0789. The molecule has 0 aliphatic carbocycles. The maximum absolute atomic E-state index is 11.6. The fraction of sp³-hybridized carbons (Fsp3) is 0.0625. The minimum Gasteiger partial charge on any atom is -0.493 e. The van der Waals surface area contributed by atoms with Crippen LogP contribution in [0.1, 0.15) is 0 Å². The number of benzene rings is 1. The molecule has 0 bridgehead atoms. The van der Waals surface area contributed by atoms with Crippen molar-refractivity contribution in [2.45, 2.75) is 0 Å². The zero-order chi connectivity index (χ0) is 18.5. The van der Waals surface area contributed by atoms with E-state index in [-0.39, 0.29) is 22.6 Å². The van der Waals surface area contributed by atoms with Crippen molar-refractivity contribution in [2.75, 3.05) is 12.4 Å². The molecule has 0 amide bonds. The van der Waals surface area contributed by atoms with E-state index in [1.807, 2.05) is 0 Å². The zero-order valence-corrected chi connectivity index (χ0v) is 14.2. The molecule has 2 heterocycles. The first kappa shape index (κ1) is 17.4. The Morgan fingerprint density at radius 1 is 1.12 bits per heavy atom. The summed E-state index contributed by atoms with van der Waals surface area (Å²) in [5.41, 5.74) is -0.0856. The third-order valence-electron chi connectivity index (χ3n) is 3.26. The number of halogens is 1. The minimum atomic E-state index is -0.642. The Morgan fingerprint density at radius 2 is 1.88 bits per heavy atom. The number of hydrogen-bond acceptors (Lipinski definition) is 8. The predicted molar refractivity (Wildman–Crippen MR) is 94.3 cm³/mol. The van der Waals surface area contributed by atoms with E-state index >= 15 is 0 Å². The molecule has 3 aromatic rings. The monoisotopic (exact) mass is 373 g/mol. The molecule has 2 aromatic heterocycles. The van der Waals surface area contributed by atoms with Gasteiger partial charge in [0.1, 0.15) is 6.33 Å². The number of rotatable bonds is 6. The summed E-state index contributed by atoms with van der Waals surface area (Å²) in [6, 6.07) is 9.97. The highest BCUT2D eigenvalue weighted by Gasteiger charge is 2.26. The Bertz CT molecular complexity index is 953. The number of nitrogens with zero attached hydrogens (tertiary/aromatic N) is 4. The molecule has 0 unspecified atom stereocenters. The maximum atomic E-state index is 11.6. The van der Waals surface area contributed by atoms with Gasteiger partial charge in [-0.05, 0) is 24.3 Å². The topological polar surface area (TPSA) is 112 Å². The summed E-state index contributed by atoms with van der Waals surface area (Å²) in [7, 11) is 1.47. The second-order valence-electron chi connectivity index (χ2n) is 4.85. The molecule has 0 fully saturated rings. The summed E-state index contributed by atoms with van der Waals surface area (Å²) in [5, 5.41) is 14.5. The van der Waals surface area contributed by atoms with Crippen molar-refractivity contribution in [2.24, 2.45) is 0 Å². The number of aromatic nitrogens is 3. The lowest BCUT2D eigenvalue weighted by Gasteiger charge is -2.11. The van der Waals surface area contributed by atoms with Crippen LogP contribution in [-0.4, -0.2) is 27.0 Å². The van der Waals surface area contributed by atoms with Crippen LogP contribution in [0.4, 0.5) is 17.2 Å². The van der Waals surface area contributed by atoms with Crippen molar-refractivity contribution in [1.82, 2.24) is 15.0 Å². The van der Waals surface area contributed by atoms with E-state index in [1.165, 1.54) is 13.3 Å². The molecule has 26 heavy (non-hydrogen) atoms. The van der Waals surface area contributed by atoms with Gasteiger partial charge in [-0.1, -0.05) is 23.7 Å². The second kappa shape index (κ2) is 7.62. The van der Waals surface area contributed by atoms with E-state index in [9.17, 15) is 10.1 Å². The van der Waals surface area contributed by atoms with Crippen molar-refractivity contribution < 1.29 is 14.4 Å². The summed E-state index contributed by atoms with van der Waals surface area (Å²) in [6.07, 6.45) is 2.64. The Hall–Kier alpha value is -3.46. The van der Waals surface area contributed by atoms with Crippen LogP contribution in [0, 0.1) is 10.1 Å². The van der Waals surface area contributed by atoms with Crippen LogP contribution in [-0.2, 0) is 0 Å². The van der Waals surface area contributed by atoms with Gasteiger partial charge >= 0.3 is 11.6 Å². The summed E-state index contributed by atoms with van der Waals surface area (Å²) < 4.78 is 10.8. The second-order valence-corrected chi connectivity index (χ2v) is 5.21. The van der Waals surface area contributed by atoms with Crippen molar-refractivity contribution in [3.8, 4) is 17.4 Å². The van der Waals surface area contributed by atoms with Gasteiger partial charge in [0, 0.05) is 6.20 Å². The van der Waals surface area contributed by atoms with Gasteiger partial charge in [0.15, 0.2) is 16.7 Å². The molecule has 0 saturated heterocycles. The largest absolute Gasteiger partial charge is 0.493 e. The Morgan fingerprint density at radius 3 is 2.58 bits per heavy atom. The SMILES string of the molecule is COc1ccccc1Oc1ncnc(Nc2cccnc2Cl)c1[N+](=O)[O-]. The molecule has 1 N–H and O–H groups in total. The van der Waals surface area contributed by atoms with Gasteiger partial charge in [0.25, 0.3) is 0 Å². The number of methoxy groups -OCH3 is 1. The normalized spacial score (nSPS) is 10.2. The number of ether oxygens (including phenoxy) is 2. The van der Waals surface area contributed by atoms with E-state index in [0.29, 0.717) is 11.4 Å². The molecule has 0 saturated carbocycles. The average molecular weight is 374 g/mol. The molecule has 9 nitrogen and oxygen atoms in total. The average Bonchev–Trinajstić information content (AvgIpc) is 2.64. The van der Waals surface area contributed by atoms with Gasteiger partial charge in [-0.15, -0.1) is 0 Å². The molecule has 0 aliphatic rings. The van der Waals surface area contributed by atoms with E-state index in [2.05, 4.69) is 20.3 Å². The fourth-order valence-electron chi connectivity index (χ4n) is 2.11. The number of nitro groups is 1. The molecule has 10 heteroatoms. The van der Waals surface area contributed by atoms with Gasteiger partial charge < -0.3 is 14.8 Å². The number of para-hydroxylation sites is 2. The van der Waals surface area contributed by atoms with Gasteiger partial charge in [-0.25, -0.2) is 9.97 Å². The lowest BCUT2D eigenvalue weighted by Crippen LogP contribution is -2.04. The maximum Gasteiger partial charge on any atom is 0.373 e. The summed E-state index contributed by atoms with van der Waals surface area (Å²) in [4.78, 5) is 22.6. The number of nitrogens with one attached hydrogen (secondary N) is 1. The first-order valence-corrected chi connectivity index (χ1v) is 7.65. The quantitative estimate of drug-likeness (QED) is 0.392. The molecule has 0 aliphatic heterocycles. The fourth-order valence-corrected chi connectivity index (χ4v) is 2.27. The van der Waals surface area contributed by atoms with Crippen molar-refractivity contribution in [1.29, 1.82) is 0 Å². The van der Waals surface area contributed by atoms with Crippen molar-refractivity contribution >= 4 is 28.8 Å². The molecule has 0 atom stereocenters. The van der Waals surface area contributed by atoms with Crippen LogP contribution in [0.3, 0.4) is 0 Å². The third-order valence-corrected chi connectivity index (χ3v) is 3.56. The molecular weight excluding hydrogens is 362 g/mol. The van der Waals surface area contributed by atoms with Crippen molar-refractivity contribution in [3.63, 3.8) is 0 Å².